The van der Waals surface area contributed by atoms with E-state index in [-0.39, 0.29) is 42.8 Å². The summed E-state index contributed by atoms with van der Waals surface area (Å²) >= 11 is 6.32. The molecule has 0 aliphatic heterocycles. The molecule has 0 radical (unpaired) electrons. The van der Waals surface area contributed by atoms with Crippen LogP contribution in [0.2, 0.25) is 5.02 Å². The van der Waals surface area contributed by atoms with E-state index in [1.807, 2.05) is 72.5 Å². The molecular weight excluding hydrogens is 709 g/mol. The Labute approximate surface area is 287 Å². The van der Waals surface area contributed by atoms with E-state index in [1.54, 1.807) is 6.07 Å². The Hall–Kier alpha value is -3.29. The van der Waals surface area contributed by atoms with Gasteiger partial charge in [0.05, 0.1) is 28.7 Å². The fourth-order valence-electron chi connectivity index (χ4n) is 5.37. The summed E-state index contributed by atoms with van der Waals surface area (Å²) in [5, 5.41) is -0.397. The molecule has 0 bridgehead atoms. The second-order valence-corrected chi connectivity index (χ2v) is 15.1. The number of nitrogens with zero attached hydrogens (tertiary/aromatic N) is 1. The minimum Gasteiger partial charge on any atom is -0.493 e. The summed E-state index contributed by atoms with van der Waals surface area (Å²) in [6.07, 6.45) is -3.56. The molecule has 0 unspecified atom stereocenters. The minimum absolute atomic E-state index is 0.0453. The molecule has 0 aromatic heterocycles. The summed E-state index contributed by atoms with van der Waals surface area (Å²) < 4.78 is 102. The number of rotatable bonds is 15. The normalized spacial score (nSPS) is 13.2. The maximum absolute atomic E-state index is 15.0. The highest BCUT2D eigenvalue weighted by molar-refractivity contribution is 7.90. The fourth-order valence-corrected chi connectivity index (χ4v) is 6.89. The molecule has 0 saturated heterocycles. The molecule has 0 saturated carbocycles. The van der Waals surface area contributed by atoms with E-state index in [0.29, 0.717) is 6.54 Å². The van der Waals surface area contributed by atoms with Crippen molar-refractivity contribution in [1.29, 1.82) is 0 Å². The molecule has 0 amide bonds. The molecule has 0 aliphatic rings. The number of phosphoric ester groups is 1. The molecule has 2 N–H and O–H groups in total. The van der Waals surface area contributed by atoms with Gasteiger partial charge in [0.1, 0.15) is 11.6 Å². The van der Waals surface area contributed by atoms with Crippen LogP contribution in [0.5, 0.6) is 5.75 Å². The zero-order chi connectivity index (χ0) is 36.0. The van der Waals surface area contributed by atoms with Gasteiger partial charge in [-0.25, -0.2) is 17.4 Å². The van der Waals surface area contributed by atoms with Crippen molar-refractivity contribution in [3.8, 4) is 5.75 Å². The van der Waals surface area contributed by atoms with E-state index in [2.05, 4.69) is 4.52 Å². The molecule has 15 heteroatoms. The Morgan fingerprint density at radius 2 is 1.53 bits per heavy atom. The standard InChI is InChI=1S/C34H35ClF4NO7PS/c1-23(16-17-46-27-18-31(36)29(22-47-48(41,42)43)32(19-27)49(2,44)45)40(20-26-14-9-15-30(33(26)35)34(37,38)39)21-28(24-10-5-3-6-11-24)25-12-7-4-8-13-25/h3-15,18-19,23,28H,16-17,20-22H2,1-2H3,(H2,41,42,43)/t23-/m1/s1. The molecular formula is C34H35ClF4NO7PS. The van der Waals surface area contributed by atoms with Gasteiger partial charge in [-0.2, -0.15) is 13.2 Å². The van der Waals surface area contributed by atoms with Gasteiger partial charge in [0.25, 0.3) is 0 Å². The first-order valence-electron chi connectivity index (χ1n) is 15.0. The van der Waals surface area contributed by atoms with Crippen LogP contribution in [0.15, 0.2) is 95.9 Å². The van der Waals surface area contributed by atoms with Gasteiger partial charge in [0, 0.05) is 42.9 Å². The van der Waals surface area contributed by atoms with Crippen molar-refractivity contribution in [2.45, 2.75) is 49.5 Å². The predicted molar refractivity (Wildman–Crippen MR) is 178 cm³/mol. The zero-order valence-electron chi connectivity index (χ0n) is 26.5. The number of phosphoric acid groups is 1. The maximum atomic E-state index is 15.0. The number of sulfone groups is 1. The molecule has 264 valence electrons. The number of alkyl halides is 3. The Balaban J connectivity index is 1.62. The van der Waals surface area contributed by atoms with E-state index in [4.69, 9.17) is 26.1 Å². The van der Waals surface area contributed by atoms with Gasteiger partial charge in [0.2, 0.25) is 0 Å². The van der Waals surface area contributed by atoms with E-state index in [0.717, 1.165) is 35.6 Å². The molecule has 0 fully saturated rings. The van der Waals surface area contributed by atoms with Crippen molar-refractivity contribution in [2.75, 3.05) is 19.4 Å². The lowest BCUT2D eigenvalue weighted by Crippen LogP contribution is -2.37. The monoisotopic (exact) mass is 743 g/mol. The number of hydrogen-bond acceptors (Lipinski definition) is 6. The third-order valence-electron chi connectivity index (χ3n) is 7.91. The van der Waals surface area contributed by atoms with Crippen molar-refractivity contribution in [2.24, 2.45) is 0 Å². The highest BCUT2D eigenvalue weighted by Gasteiger charge is 2.34. The van der Waals surface area contributed by atoms with Crippen LogP contribution in [0.3, 0.4) is 0 Å². The lowest BCUT2D eigenvalue weighted by molar-refractivity contribution is -0.137. The van der Waals surface area contributed by atoms with Gasteiger partial charge < -0.3 is 14.5 Å². The van der Waals surface area contributed by atoms with Crippen molar-refractivity contribution in [3.05, 3.63) is 130 Å². The third kappa shape index (κ3) is 10.8. The molecule has 49 heavy (non-hydrogen) atoms. The highest BCUT2D eigenvalue weighted by Crippen LogP contribution is 2.39. The Bertz CT molecular complexity index is 1840. The SMILES string of the molecule is C[C@H](CCOc1cc(F)c(COP(=O)(O)O)c(S(C)(=O)=O)c1)N(Cc1cccc(C(F)(F)F)c1Cl)CC(c1ccccc1)c1ccccc1. The minimum atomic E-state index is -5.02. The molecule has 0 heterocycles. The summed E-state index contributed by atoms with van der Waals surface area (Å²) in [6.45, 7) is 1.26. The Kier molecular flexibility index (Phi) is 12.7. The van der Waals surface area contributed by atoms with Crippen molar-refractivity contribution in [1.82, 2.24) is 4.90 Å². The first-order valence-corrected chi connectivity index (χ1v) is 18.8. The van der Waals surface area contributed by atoms with Crippen LogP contribution in [0.4, 0.5) is 17.6 Å². The zero-order valence-corrected chi connectivity index (χ0v) is 28.9. The van der Waals surface area contributed by atoms with E-state index in [1.165, 1.54) is 6.07 Å². The molecule has 0 spiro atoms. The van der Waals surface area contributed by atoms with E-state index < -0.39 is 57.3 Å². The summed E-state index contributed by atoms with van der Waals surface area (Å²) in [5.74, 6) is -1.43. The van der Waals surface area contributed by atoms with Crippen molar-refractivity contribution >= 4 is 29.3 Å². The third-order valence-corrected chi connectivity index (χ3v) is 9.99. The van der Waals surface area contributed by atoms with Crippen LogP contribution in [-0.4, -0.2) is 48.6 Å². The van der Waals surface area contributed by atoms with Gasteiger partial charge in [0.15, 0.2) is 9.84 Å². The largest absolute Gasteiger partial charge is 0.493 e. The topological polar surface area (TPSA) is 113 Å². The van der Waals surface area contributed by atoms with Gasteiger partial charge in [-0.15, -0.1) is 0 Å². The number of hydrogen-bond donors (Lipinski definition) is 2. The average Bonchev–Trinajstić information content (AvgIpc) is 3.02. The van der Waals surface area contributed by atoms with Crippen LogP contribution >= 0.6 is 19.4 Å². The summed E-state index contributed by atoms with van der Waals surface area (Å²) in [7, 11) is -9.10. The van der Waals surface area contributed by atoms with Crippen molar-refractivity contribution in [3.63, 3.8) is 0 Å². The Morgan fingerprint density at radius 1 is 0.939 bits per heavy atom. The molecule has 4 rings (SSSR count). The van der Waals surface area contributed by atoms with Crippen LogP contribution in [0.25, 0.3) is 0 Å². The number of benzene rings is 4. The first-order chi connectivity index (χ1) is 22.9. The summed E-state index contributed by atoms with van der Waals surface area (Å²) in [6, 6.07) is 24.7. The predicted octanol–water partition coefficient (Wildman–Crippen LogP) is 8.00. The summed E-state index contributed by atoms with van der Waals surface area (Å²) in [5.41, 5.74) is 0.747. The highest BCUT2D eigenvalue weighted by atomic mass is 35.5. The lowest BCUT2D eigenvalue weighted by atomic mass is 9.90. The van der Waals surface area contributed by atoms with Gasteiger partial charge >= 0.3 is 14.0 Å². The summed E-state index contributed by atoms with van der Waals surface area (Å²) in [4.78, 5) is 19.4. The second-order valence-electron chi connectivity index (χ2n) is 11.5. The van der Waals surface area contributed by atoms with E-state index >= 15 is 4.39 Å². The molecule has 4 aromatic carbocycles. The van der Waals surface area contributed by atoms with Crippen LogP contribution in [0.1, 0.15) is 47.1 Å². The number of ether oxygens (including phenoxy) is 1. The second kappa shape index (κ2) is 16.2. The van der Waals surface area contributed by atoms with Crippen LogP contribution in [0, 0.1) is 5.82 Å². The van der Waals surface area contributed by atoms with Gasteiger partial charge in [-0.3, -0.25) is 9.42 Å². The van der Waals surface area contributed by atoms with Gasteiger partial charge in [-0.1, -0.05) is 84.4 Å². The smallest absolute Gasteiger partial charge is 0.469 e. The Morgan fingerprint density at radius 3 is 2.06 bits per heavy atom. The quantitative estimate of drug-likeness (QED) is 0.0931. The number of halogens is 5. The van der Waals surface area contributed by atoms with Gasteiger partial charge in [-0.05, 0) is 42.2 Å². The molecule has 0 aliphatic carbocycles. The first kappa shape index (κ1) is 38.5. The maximum Gasteiger partial charge on any atom is 0.469 e. The average molecular weight is 744 g/mol. The van der Waals surface area contributed by atoms with E-state index in [9.17, 15) is 26.2 Å². The molecule has 8 nitrogen and oxygen atoms in total. The van der Waals surface area contributed by atoms with Crippen LogP contribution in [-0.2, 0) is 38.3 Å². The van der Waals surface area contributed by atoms with Crippen LogP contribution < -0.4 is 4.74 Å². The fraction of sp³-hybridized carbons (Fsp3) is 0.294. The molecule has 1 atom stereocenters. The lowest BCUT2D eigenvalue weighted by Gasteiger charge is -2.34. The molecule has 4 aromatic rings. The van der Waals surface area contributed by atoms with Crippen molar-refractivity contribution < 1.29 is 49.6 Å².